The fourth-order valence-electron chi connectivity index (χ4n) is 3.97. The molecule has 0 amide bonds. The number of pyridine rings is 1. The van der Waals surface area contributed by atoms with Crippen molar-refractivity contribution in [3.63, 3.8) is 0 Å². The number of sulfone groups is 1. The molecule has 0 atom stereocenters. The van der Waals surface area contributed by atoms with Crippen LogP contribution in [-0.4, -0.2) is 18.7 Å². The Bertz CT molecular complexity index is 1480. The van der Waals surface area contributed by atoms with Crippen LogP contribution in [0.15, 0.2) is 103 Å². The summed E-state index contributed by atoms with van der Waals surface area (Å²) in [4.78, 5) is 4.78. The molecular weight excluding hydrogens is 464 g/mol. The minimum Gasteiger partial charge on any atom is -0.355 e. The minimum atomic E-state index is -3.27. The van der Waals surface area contributed by atoms with Crippen molar-refractivity contribution in [2.75, 3.05) is 5.32 Å². The van der Waals surface area contributed by atoms with Crippen LogP contribution in [0.2, 0.25) is 5.02 Å². The molecule has 5 rings (SSSR count). The van der Waals surface area contributed by atoms with Gasteiger partial charge < -0.3 is 5.32 Å². The summed E-state index contributed by atoms with van der Waals surface area (Å²) in [6.07, 6.45) is 3.22. The van der Waals surface area contributed by atoms with Crippen molar-refractivity contribution in [2.24, 2.45) is 0 Å². The van der Waals surface area contributed by atoms with Gasteiger partial charge in [-0.2, -0.15) is 0 Å². The molecule has 1 aliphatic carbocycles. The summed E-state index contributed by atoms with van der Waals surface area (Å²) in [5, 5.41) is 3.75. The molecule has 0 saturated heterocycles. The molecule has 0 spiro atoms. The van der Waals surface area contributed by atoms with Gasteiger partial charge in [0, 0.05) is 28.7 Å². The fraction of sp³-hybridized carbons (Fsp3) is 0.107. The maximum absolute atomic E-state index is 12.8. The smallest absolute Gasteiger partial charge is 0.181 e. The van der Waals surface area contributed by atoms with E-state index in [4.69, 9.17) is 11.6 Å². The van der Waals surface area contributed by atoms with Gasteiger partial charge in [-0.25, -0.2) is 8.42 Å². The summed E-state index contributed by atoms with van der Waals surface area (Å²) in [5.41, 5.74) is 5.77. The van der Waals surface area contributed by atoms with Crippen molar-refractivity contribution in [1.82, 2.24) is 4.98 Å². The van der Waals surface area contributed by atoms with E-state index in [1.807, 2.05) is 66.7 Å². The lowest BCUT2D eigenvalue weighted by Gasteiger charge is -2.16. The standard InChI is InChI=1S/C28H23ClN2O2S/c1-19(31-21-12-15-27(29)26(18-21)28-11-4-5-16-30-28)24-9-2-3-10-25(24)20-7-6-8-23(17-20)34(32,33)22-13-14-22/h2-12,15-18,22,31H,1,13-14H2. The second-order valence-corrected chi connectivity index (χ2v) is 11.0. The Labute approximate surface area is 204 Å². The Balaban J connectivity index is 1.46. The predicted octanol–water partition coefficient (Wildman–Crippen LogP) is 7.09. The van der Waals surface area contributed by atoms with Crippen molar-refractivity contribution in [3.8, 4) is 22.4 Å². The van der Waals surface area contributed by atoms with Gasteiger partial charge in [0.25, 0.3) is 0 Å². The molecule has 4 nitrogen and oxygen atoms in total. The van der Waals surface area contributed by atoms with Gasteiger partial charge in [0.15, 0.2) is 9.84 Å². The van der Waals surface area contributed by atoms with Crippen LogP contribution in [0.3, 0.4) is 0 Å². The number of nitrogens with one attached hydrogen (secondary N) is 1. The zero-order valence-electron chi connectivity index (χ0n) is 18.4. The molecule has 1 aromatic heterocycles. The number of aromatic nitrogens is 1. The molecule has 170 valence electrons. The third-order valence-corrected chi connectivity index (χ3v) is 8.48. The molecule has 1 aliphatic rings. The van der Waals surface area contributed by atoms with Gasteiger partial charge in [-0.15, -0.1) is 0 Å². The van der Waals surface area contributed by atoms with Crippen LogP contribution in [0.5, 0.6) is 0 Å². The lowest BCUT2D eigenvalue weighted by molar-refractivity contribution is 0.595. The molecule has 4 aromatic rings. The van der Waals surface area contributed by atoms with Crippen LogP contribution in [0.25, 0.3) is 28.1 Å². The Hall–Kier alpha value is -3.41. The number of nitrogens with zero attached hydrogens (tertiary/aromatic N) is 1. The van der Waals surface area contributed by atoms with Crippen LogP contribution < -0.4 is 5.32 Å². The SMILES string of the molecule is C=C(Nc1ccc(Cl)c(-c2ccccn2)c1)c1ccccc1-c1cccc(S(=O)(=O)C2CC2)c1. The maximum Gasteiger partial charge on any atom is 0.181 e. The van der Waals surface area contributed by atoms with Gasteiger partial charge in [0.2, 0.25) is 0 Å². The molecule has 0 radical (unpaired) electrons. The molecule has 0 bridgehead atoms. The number of hydrogen-bond donors (Lipinski definition) is 1. The molecule has 0 unspecified atom stereocenters. The van der Waals surface area contributed by atoms with E-state index in [1.165, 1.54) is 0 Å². The van der Waals surface area contributed by atoms with Crippen molar-refractivity contribution < 1.29 is 8.42 Å². The van der Waals surface area contributed by atoms with Gasteiger partial charge in [0.1, 0.15) is 0 Å². The summed E-state index contributed by atoms with van der Waals surface area (Å²) in [6.45, 7) is 4.26. The number of halogens is 1. The second-order valence-electron chi connectivity index (χ2n) is 8.33. The van der Waals surface area contributed by atoms with Crippen molar-refractivity contribution in [3.05, 3.63) is 108 Å². The van der Waals surface area contributed by atoms with Crippen LogP contribution >= 0.6 is 11.6 Å². The highest BCUT2D eigenvalue weighted by atomic mass is 35.5. The largest absolute Gasteiger partial charge is 0.355 e. The van der Waals surface area contributed by atoms with E-state index < -0.39 is 9.84 Å². The summed E-state index contributed by atoms with van der Waals surface area (Å²) in [5.74, 6) is 0. The zero-order valence-corrected chi connectivity index (χ0v) is 20.0. The summed E-state index contributed by atoms with van der Waals surface area (Å²) in [6, 6.07) is 26.4. The van der Waals surface area contributed by atoms with Crippen molar-refractivity contribution in [1.29, 1.82) is 0 Å². The summed E-state index contributed by atoms with van der Waals surface area (Å²) >= 11 is 6.43. The van der Waals surface area contributed by atoms with Crippen molar-refractivity contribution >= 4 is 32.8 Å². The summed E-state index contributed by atoms with van der Waals surface area (Å²) in [7, 11) is -3.27. The molecule has 1 heterocycles. The number of hydrogen-bond acceptors (Lipinski definition) is 4. The lowest BCUT2D eigenvalue weighted by Crippen LogP contribution is -2.07. The maximum atomic E-state index is 12.8. The van der Waals surface area contributed by atoms with E-state index in [-0.39, 0.29) is 5.25 Å². The van der Waals surface area contributed by atoms with Crippen LogP contribution in [0.1, 0.15) is 18.4 Å². The van der Waals surface area contributed by atoms with Gasteiger partial charge in [0.05, 0.1) is 20.9 Å². The average molecular weight is 487 g/mol. The first-order chi connectivity index (χ1) is 16.4. The van der Waals surface area contributed by atoms with E-state index in [0.717, 1.165) is 46.5 Å². The van der Waals surface area contributed by atoms with Gasteiger partial charge >= 0.3 is 0 Å². The predicted molar refractivity (Wildman–Crippen MR) is 139 cm³/mol. The number of rotatable bonds is 7. The van der Waals surface area contributed by atoms with E-state index in [2.05, 4.69) is 16.9 Å². The van der Waals surface area contributed by atoms with E-state index in [9.17, 15) is 8.42 Å². The topological polar surface area (TPSA) is 59.1 Å². The van der Waals surface area contributed by atoms with Gasteiger partial charge in [-0.3, -0.25) is 4.98 Å². The normalized spacial score (nSPS) is 13.4. The molecule has 1 saturated carbocycles. The van der Waals surface area contributed by atoms with Crippen molar-refractivity contribution in [2.45, 2.75) is 23.0 Å². The quantitative estimate of drug-likeness (QED) is 0.303. The van der Waals surface area contributed by atoms with E-state index in [0.29, 0.717) is 15.6 Å². The fourth-order valence-corrected chi connectivity index (χ4v) is 5.89. The first-order valence-electron chi connectivity index (χ1n) is 11.0. The lowest BCUT2D eigenvalue weighted by atomic mass is 9.98. The van der Waals surface area contributed by atoms with E-state index >= 15 is 0 Å². The van der Waals surface area contributed by atoms with Crippen LogP contribution in [-0.2, 0) is 9.84 Å². The highest BCUT2D eigenvalue weighted by Gasteiger charge is 2.36. The Morgan fingerprint density at radius 1 is 0.912 bits per heavy atom. The number of anilines is 1. The molecule has 6 heteroatoms. The summed E-state index contributed by atoms with van der Waals surface area (Å²) < 4.78 is 25.5. The highest BCUT2D eigenvalue weighted by Crippen LogP contribution is 2.36. The monoisotopic (exact) mass is 486 g/mol. The van der Waals surface area contributed by atoms with Crippen LogP contribution in [0, 0.1) is 0 Å². The minimum absolute atomic E-state index is 0.243. The molecule has 1 fully saturated rings. The molecule has 1 N–H and O–H groups in total. The van der Waals surface area contributed by atoms with E-state index in [1.54, 1.807) is 24.4 Å². The molecule has 3 aromatic carbocycles. The Morgan fingerprint density at radius 3 is 2.47 bits per heavy atom. The third-order valence-electron chi connectivity index (χ3n) is 5.89. The zero-order chi connectivity index (χ0) is 23.7. The van der Waals surface area contributed by atoms with Crippen LogP contribution in [0.4, 0.5) is 5.69 Å². The van der Waals surface area contributed by atoms with Gasteiger partial charge in [-0.1, -0.05) is 60.6 Å². The first kappa shape index (κ1) is 22.4. The molecule has 34 heavy (non-hydrogen) atoms. The average Bonchev–Trinajstić information content (AvgIpc) is 3.72. The number of benzene rings is 3. The first-order valence-corrected chi connectivity index (χ1v) is 13.0. The molecular formula is C28H23ClN2O2S. The molecule has 0 aliphatic heterocycles. The van der Waals surface area contributed by atoms with Gasteiger partial charge in [-0.05, 0) is 66.4 Å². The Kier molecular flexibility index (Phi) is 5.98. The second kappa shape index (κ2) is 9.09. The highest BCUT2D eigenvalue weighted by molar-refractivity contribution is 7.92. The Morgan fingerprint density at radius 2 is 1.71 bits per heavy atom. The third kappa shape index (κ3) is 4.49.